The Hall–Kier alpha value is -3.94. The maximum Gasteiger partial charge on any atom is 0.416 e. The molecule has 5 nitrogen and oxygen atoms in total. The first kappa shape index (κ1) is 19.4. The first-order valence-corrected chi connectivity index (χ1v) is 8.76. The van der Waals surface area contributed by atoms with Gasteiger partial charge in [0.1, 0.15) is 5.56 Å². The topological polar surface area (TPSA) is 72.2 Å². The summed E-state index contributed by atoms with van der Waals surface area (Å²) < 4.78 is 40.1. The highest BCUT2D eigenvalue weighted by Crippen LogP contribution is 2.30. The van der Waals surface area contributed by atoms with Crippen LogP contribution in [0.25, 0.3) is 27.7 Å². The summed E-state index contributed by atoms with van der Waals surface area (Å²) in [6, 6.07) is 12.7. The molecule has 4 aromatic rings. The van der Waals surface area contributed by atoms with Gasteiger partial charge in [-0.15, -0.1) is 0 Å². The van der Waals surface area contributed by atoms with Gasteiger partial charge < -0.3 is 9.67 Å². The third kappa shape index (κ3) is 3.43. The van der Waals surface area contributed by atoms with E-state index in [4.69, 9.17) is 0 Å². The van der Waals surface area contributed by atoms with Crippen LogP contribution in [0.2, 0.25) is 0 Å². The number of aromatic carboxylic acids is 1. The molecule has 0 aliphatic rings. The highest BCUT2D eigenvalue weighted by molar-refractivity contribution is 5.94. The van der Waals surface area contributed by atoms with Gasteiger partial charge in [-0.25, -0.2) is 4.79 Å². The van der Waals surface area contributed by atoms with Gasteiger partial charge in [0.05, 0.1) is 11.1 Å². The van der Waals surface area contributed by atoms with E-state index >= 15 is 0 Å². The van der Waals surface area contributed by atoms with Crippen LogP contribution in [0.3, 0.4) is 0 Å². The molecule has 0 saturated heterocycles. The van der Waals surface area contributed by atoms with Crippen LogP contribution in [0.4, 0.5) is 13.2 Å². The highest BCUT2D eigenvalue weighted by Gasteiger charge is 2.30. The molecule has 2 aromatic carbocycles. The first-order chi connectivity index (χ1) is 14.3. The van der Waals surface area contributed by atoms with Crippen molar-refractivity contribution < 1.29 is 23.1 Å². The van der Waals surface area contributed by atoms with E-state index in [-0.39, 0.29) is 5.39 Å². The Labute approximate surface area is 167 Å². The molecule has 0 aliphatic carbocycles. The number of rotatable bonds is 3. The number of pyridine rings is 2. The first-order valence-electron chi connectivity index (χ1n) is 8.76. The summed E-state index contributed by atoms with van der Waals surface area (Å²) >= 11 is 0. The van der Waals surface area contributed by atoms with Crippen molar-refractivity contribution in [2.75, 3.05) is 0 Å². The Balaban J connectivity index is 1.99. The quantitative estimate of drug-likeness (QED) is 0.528. The molecular weight excluding hydrogens is 397 g/mol. The molecule has 4 rings (SSSR count). The van der Waals surface area contributed by atoms with Gasteiger partial charge in [-0.2, -0.15) is 13.2 Å². The standard InChI is InChI=1S/C22H13F3N2O3/c23-22(24,25)15-2-4-16(5-3-15)27-12-18(21(29)30)20(28)17-6-1-14(11-19(17)27)13-7-9-26-10-8-13/h1-12H,(H,29,30). The second kappa shape index (κ2) is 7.14. The third-order valence-electron chi connectivity index (χ3n) is 4.72. The zero-order valence-electron chi connectivity index (χ0n) is 15.2. The van der Waals surface area contributed by atoms with E-state index in [0.29, 0.717) is 11.2 Å². The molecule has 30 heavy (non-hydrogen) atoms. The molecule has 0 bridgehead atoms. The lowest BCUT2D eigenvalue weighted by molar-refractivity contribution is -0.137. The van der Waals surface area contributed by atoms with Crippen LogP contribution in [0.5, 0.6) is 0 Å². The van der Waals surface area contributed by atoms with E-state index in [1.54, 1.807) is 36.7 Å². The van der Waals surface area contributed by atoms with Gasteiger partial charge in [-0.3, -0.25) is 9.78 Å². The second-order valence-electron chi connectivity index (χ2n) is 6.56. The number of hydrogen-bond acceptors (Lipinski definition) is 3. The van der Waals surface area contributed by atoms with Gasteiger partial charge >= 0.3 is 12.1 Å². The Bertz CT molecular complexity index is 1310. The lowest BCUT2D eigenvalue weighted by atomic mass is 10.0. The summed E-state index contributed by atoms with van der Waals surface area (Å²) in [5.74, 6) is -1.42. The number of fused-ring (bicyclic) bond motifs is 1. The molecule has 1 N–H and O–H groups in total. The van der Waals surface area contributed by atoms with Crippen LogP contribution in [-0.2, 0) is 6.18 Å². The van der Waals surface area contributed by atoms with Crippen molar-refractivity contribution in [3.8, 4) is 16.8 Å². The van der Waals surface area contributed by atoms with Gasteiger partial charge in [0.25, 0.3) is 0 Å². The van der Waals surface area contributed by atoms with Crippen LogP contribution in [0.15, 0.2) is 78.0 Å². The molecule has 0 amide bonds. The SMILES string of the molecule is O=C(O)c1cn(-c2ccc(C(F)(F)F)cc2)c2cc(-c3ccncc3)ccc2c1=O. The molecule has 0 saturated carbocycles. The molecule has 0 spiro atoms. The summed E-state index contributed by atoms with van der Waals surface area (Å²) in [5.41, 5.74) is 0.267. The summed E-state index contributed by atoms with van der Waals surface area (Å²) in [7, 11) is 0. The minimum Gasteiger partial charge on any atom is -0.477 e. The van der Waals surface area contributed by atoms with Crippen LogP contribution < -0.4 is 5.43 Å². The zero-order valence-corrected chi connectivity index (χ0v) is 15.2. The number of carbonyl (C=O) groups is 1. The molecule has 2 aromatic heterocycles. The molecule has 0 fully saturated rings. The molecule has 2 heterocycles. The van der Waals surface area contributed by atoms with Crippen molar-refractivity contribution in [2.24, 2.45) is 0 Å². The van der Waals surface area contributed by atoms with Crippen molar-refractivity contribution in [3.05, 3.63) is 94.5 Å². The van der Waals surface area contributed by atoms with E-state index in [9.17, 15) is 27.9 Å². The van der Waals surface area contributed by atoms with Gasteiger partial charge in [-0.1, -0.05) is 6.07 Å². The van der Waals surface area contributed by atoms with Crippen molar-refractivity contribution in [2.45, 2.75) is 6.18 Å². The van der Waals surface area contributed by atoms with Crippen LogP contribution >= 0.6 is 0 Å². The molecular formula is C22H13F3N2O3. The van der Waals surface area contributed by atoms with Crippen molar-refractivity contribution in [1.82, 2.24) is 9.55 Å². The fraction of sp³-hybridized carbons (Fsp3) is 0.0455. The number of carboxylic acids is 1. The second-order valence-corrected chi connectivity index (χ2v) is 6.56. The molecule has 0 radical (unpaired) electrons. The fourth-order valence-corrected chi connectivity index (χ4v) is 3.23. The largest absolute Gasteiger partial charge is 0.477 e. The van der Waals surface area contributed by atoms with Crippen LogP contribution in [0, 0.1) is 0 Å². The van der Waals surface area contributed by atoms with Gasteiger partial charge in [0.15, 0.2) is 0 Å². The fourth-order valence-electron chi connectivity index (χ4n) is 3.23. The normalized spacial score (nSPS) is 11.6. The predicted octanol–water partition coefficient (Wildman–Crippen LogP) is 4.77. The van der Waals surface area contributed by atoms with Gasteiger partial charge in [-0.05, 0) is 59.7 Å². The number of carboxylic acid groups (broad SMARTS) is 1. The molecule has 0 atom stereocenters. The third-order valence-corrected chi connectivity index (χ3v) is 4.72. The molecule has 150 valence electrons. The predicted molar refractivity (Wildman–Crippen MR) is 105 cm³/mol. The van der Waals surface area contributed by atoms with Crippen LogP contribution in [0.1, 0.15) is 15.9 Å². The minimum absolute atomic E-state index is 0.146. The summed E-state index contributed by atoms with van der Waals surface area (Å²) in [6.07, 6.45) is -0.150. The van der Waals surface area contributed by atoms with E-state index < -0.39 is 28.7 Å². The summed E-state index contributed by atoms with van der Waals surface area (Å²) in [6.45, 7) is 0. The number of nitrogens with zero attached hydrogens (tertiary/aromatic N) is 2. The summed E-state index contributed by atoms with van der Waals surface area (Å²) in [4.78, 5) is 28.1. The number of hydrogen-bond donors (Lipinski definition) is 1. The Morgan fingerprint density at radius 3 is 2.20 bits per heavy atom. The Morgan fingerprint density at radius 2 is 1.60 bits per heavy atom. The van der Waals surface area contributed by atoms with Gasteiger partial charge in [0, 0.05) is 29.7 Å². The number of halogens is 3. The van der Waals surface area contributed by atoms with E-state index in [2.05, 4.69) is 4.98 Å². The highest BCUT2D eigenvalue weighted by atomic mass is 19.4. The molecule has 8 heteroatoms. The maximum atomic E-state index is 12.9. The molecule has 0 unspecified atom stereocenters. The van der Waals surface area contributed by atoms with Gasteiger partial charge in [0.2, 0.25) is 5.43 Å². The average molecular weight is 410 g/mol. The monoisotopic (exact) mass is 410 g/mol. The number of benzene rings is 2. The van der Waals surface area contributed by atoms with Crippen molar-refractivity contribution in [3.63, 3.8) is 0 Å². The van der Waals surface area contributed by atoms with E-state index in [0.717, 1.165) is 29.5 Å². The summed E-state index contributed by atoms with van der Waals surface area (Å²) in [5, 5.41) is 9.56. The maximum absolute atomic E-state index is 12.9. The smallest absolute Gasteiger partial charge is 0.416 e. The lowest BCUT2D eigenvalue weighted by Crippen LogP contribution is -2.18. The van der Waals surface area contributed by atoms with Crippen molar-refractivity contribution in [1.29, 1.82) is 0 Å². The number of aromatic nitrogens is 2. The Kier molecular flexibility index (Phi) is 4.62. The van der Waals surface area contributed by atoms with E-state index in [1.165, 1.54) is 22.8 Å². The average Bonchev–Trinajstić information content (AvgIpc) is 2.73. The molecule has 0 aliphatic heterocycles. The Morgan fingerprint density at radius 1 is 0.933 bits per heavy atom. The number of alkyl halides is 3. The van der Waals surface area contributed by atoms with E-state index in [1.807, 2.05) is 0 Å². The van der Waals surface area contributed by atoms with Crippen LogP contribution in [-0.4, -0.2) is 20.6 Å². The minimum atomic E-state index is -4.50. The van der Waals surface area contributed by atoms with Crippen molar-refractivity contribution >= 4 is 16.9 Å². The zero-order chi connectivity index (χ0) is 21.5. The lowest BCUT2D eigenvalue weighted by Gasteiger charge is -2.15.